The Kier molecular flexibility index (Phi) is 2.85. The zero-order valence-electron chi connectivity index (χ0n) is 4.67. The molecule has 60 valence electrons. The highest BCUT2D eigenvalue weighted by molar-refractivity contribution is 7.80. The van der Waals surface area contributed by atoms with Gasteiger partial charge in [-0.3, -0.25) is 9.00 Å². The number of halogens is 2. The standard InChI is InChI=1S/C3H5F2NO3S/c4-3(5,10(8)9)1-2(6)7/h1H2,(H2,6,7)(H,8,9)/p-1. The molecule has 7 heteroatoms. The van der Waals surface area contributed by atoms with Crippen LogP contribution >= 0.6 is 0 Å². The molecule has 0 aromatic heterocycles. The summed E-state index contributed by atoms with van der Waals surface area (Å²) in [6.07, 6.45) is -1.47. The quantitative estimate of drug-likeness (QED) is 0.573. The molecule has 10 heavy (non-hydrogen) atoms. The number of carbonyl (C=O) groups is 1. The monoisotopic (exact) mass is 172 g/mol. The lowest BCUT2D eigenvalue weighted by Gasteiger charge is -2.16. The van der Waals surface area contributed by atoms with Crippen LogP contribution in [0.1, 0.15) is 6.42 Å². The molecule has 0 aliphatic rings. The minimum Gasteiger partial charge on any atom is -0.768 e. The predicted molar refractivity (Wildman–Crippen MR) is 27.7 cm³/mol. The molecule has 0 aromatic rings. The number of hydrogen-bond acceptors (Lipinski definition) is 3. The lowest BCUT2D eigenvalue weighted by Crippen LogP contribution is -2.29. The van der Waals surface area contributed by atoms with E-state index in [1.54, 1.807) is 0 Å². The third-order valence-electron chi connectivity index (χ3n) is 0.624. The van der Waals surface area contributed by atoms with Crippen molar-refractivity contribution in [1.29, 1.82) is 0 Å². The average molecular weight is 172 g/mol. The molecule has 0 saturated heterocycles. The molecule has 0 spiro atoms. The lowest BCUT2D eigenvalue weighted by molar-refractivity contribution is -0.121. The predicted octanol–water partition coefficient (Wildman–Crippen LogP) is -0.666. The van der Waals surface area contributed by atoms with Gasteiger partial charge in [-0.05, 0) is 0 Å². The molecule has 0 bridgehead atoms. The Morgan fingerprint density at radius 2 is 2.10 bits per heavy atom. The minimum atomic E-state index is -4.04. The Bertz CT molecular complexity index is 171. The molecule has 0 aliphatic heterocycles. The maximum atomic E-state index is 11.9. The molecule has 0 radical (unpaired) electrons. The van der Waals surface area contributed by atoms with Gasteiger partial charge in [-0.15, -0.1) is 0 Å². The second kappa shape index (κ2) is 3.02. The first-order valence-corrected chi connectivity index (χ1v) is 3.19. The highest BCUT2D eigenvalue weighted by Crippen LogP contribution is 2.20. The van der Waals surface area contributed by atoms with Crippen molar-refractivity contribution < 1.29 is 22.3 Å². The summed E-state index contributed by atoms with van der Waals surface area (Å²) in [6.45, 7) is 0. The topological polar surface area (TPSA) is 83.2 Å². The highest BCUT2D eigenvalue weighted by atomic mass is 32.2. The maximum absolute atomic E-state index is 11.9. The molecule has 1 atom stereocenters. The van der Waals surface area contributed by atoms with Crippen LogP contribution in [0.25, 0.3) is 0 Å². The number of amides is 1. The molecule has 0 fully saturated rings. The molecule has 0 aliphatic carbocycles. The second-order valence-corrected chi connectivity index (χ2v) is 2.58. The van der Waals surface area contributed by atoms with Crippen molar-refractivity contribution in [2.75, 3.05) is 0 Å². The van der Waals surface area contributed by atoms with E-state index in [-0.39, 0.29) is 0 Å². The summed E-state index contributed by atoms with van der Waals surface area (Å²) in [5.41, 5.74) is 4.32. The van der Waals surface area contributed by atoms with E-state index in [0.29, 0.717) is 0 Å². The minimum absolute atomic E-state index is 1.35. The molecule has 0 heterocycles. The van der Waals surface area contributed by atoms with Gasteiger partial charge in [0.15, 0.2) is 0 Å². The number of rotatable bonds is 3. The van der Waals surface area contributed by atoms with Crippen LogP contribution in [-0.2, 0) is 15.9 Å². The zero-order valence-corrected chi connectivity index (χ0v) is 5.49. The highest BCUT2D eigenvalue weighted by Gasteiger charge is 2.32. The number of hydrogen-bond donors (Lipinski definition) is 1. The Hall–Kier alpha value is -0.560. The van der Waals surface area contributed by atoms with Crippen molar-refractivity contribution >= 4 is 17.0 Å². The van der Waals surface area contributed by atoms with E-state index in [1.165, 1.54) is 0 Å². The molecule has 0 rings (SSSR count). The third kappa shape index (κ3) is 2.83. The van der Waals surface area contributed by atoms with E-state index >= 15 is 0 Å². The fraction of sp³-hybridized carbons (Fsp3) is 0.667. The third-order valence-corrected chi connectivity index (χ3v) is 1.26. The largest absolute Gasteiger partial charge is 0.768 e. The SMILES string of the molecule is NC(=O)CC(F)(F)S(=O)[O-]. The molecule has 0 saturated carbocycles. The van der Waals surface area contributed by atoms with Crippen LogP contribution in [0.4, 0.5) is 8.78 Å². The molecule has 0 aromatic carbocycles. The first kappa shape index (κ1) is 9.44. The average Bonchev–Trinajstić information content (AvgIpc) is 1.60. The van der Waals surface area contributed by atoms with Crippen LogP contribution in [0, 0.1) is 0 Å². The van der Waals surface area contributed by atoms with Crippen molar-refractivity contribution in [1.82, 2.24) is 0 Å². The van der Waals surface area contributed by atoms with Gasteiger partial charge in [-0.1, -0.05) is 0 Å². The number of carbonyl (C=O) groups excluding carboxylic acids is 1. The van der Waals surface area contributed by atoms with E-state index in [0.717, 1.165) is 0 Å². The Labute approximate surface area is 57.7 Å². The maximum Gasteiger partial charge on any atom is 0.317 e. The van der Waals surface area contributed by atoms with Gasteiger partial charge >= 0.3 is 5.25 Å². The van der Waals surface area contributed by atoms with Gasteiger partial charge in [-0.2, -0.15) is 8.78 Å². The fourth-order valence-corrected chi connectivity index (χ4v) is 0.522. The van der Waals surface area contributed by atoms with Crippen LogP contribution < -0.4 is 5.73 Å². The fourth-order valence-electron chi connectivity index (χ4n) is 0.262. The smallest absolute Gasteiger partial charge is 0.317 e. The number of primary amides is 1. The molecule has 1 unspecified atom stereocenters. The Balaban J connectivity index is 4.13. The van der Waals surface area contributed by atoms with Crippen molar-refractivity contribution in [3.8, 4) is 0 Å². The number of alkyl halides is 2. The summed E-state index contributed by atoms with van der Waals surface area (Å²) in [4.78, 5) is 9.79. The molecule has 1 amide bonds. The molecule has 2 N–H and O–H groups in total. The lowest BCUT2D eigenvalue weighted by atomic mass is 10.4. The van der Waals surface area contributed by atoms with Crippen molar-refractivity contribution in [2.24, 2.45) is 5.73 Å². The van der Waals surface area contributed by atoms with Crippen LogP contribution in [0.5, 0.6) is 0 Å². The van der Waals surface area contributed by atoms with Gasteiger partial charge in [-0.25, -0.2) is 0 Å². The van der Waals surface area contributed by atoms with Crippen LogP contribution in [0.15, 0.2) is 0 Å². The molecular formula is C3H4F2NO3S-. The number of nitrogens with two attached hydrogens (primary N) is 1. The molecule has 4 nitrogen and oxygen atoms in total. The van der Waals surface area contributed by atoms with Crippen LogP contribution in [-0.4, -0.2) is 19.9 Å². The first-order valence-electron chi connectivity index (χ1n) is 2.12. The normalized spacial score (nSPS) is 14.7. The van der Waals surface area contributed by atoms with E-state index < -0.39 is 28.7 Å². The summed E-state index contributed by atoms with van der Waals surface area (Å²) in [5, 5.41) is -4.04. The van der Waals surface area contributed by atoms with E-state index in [4.69, 9.17) is 0 Å². The van der Waals surface area contributed by atoms with Crippen molar-refractivity contribution in [2.45, 2.75) is 11.7 Å². The van der Waals surface area contributed by atoms with Crippen LogP contribution in [0.3, 0.4) is 0 Å². The van der Waals surface area contributed by atoms with Gasteiger partial charge < -0.3 is 10.3 Å². The second-order valence-electron chi connectivity index (χ2n) is 1.52. The molecular weight excluding hydrogens is 168 g/mol. The Morgan fingerprint density at radius 3 is 2.20 bits per heavy atom. The van der Waals surface area contributed by atoms with E-state index in [9.17, 15) is 22.3 Å². The van der Waals surface area contributed by atoms with Crippen LogP contribution in [0.2, 0.25) is 0 Å². The first-order chi connectivity index (χ1) is 4.36. The summed E-state index contributed by atoms with van der Waals surface area (Å²) in [6, 6.07) is 0. The van der Waals surface area contributed by atoms with Gasteiger partial charge in [0, 0.05) is 11.1 Å². The van der Waals surface area contributed by atoms with Gasteiger partial charge in [0.2, 0.25) is 5.91 Å². The zero-order chi connectivity index (χ0) is 8.36. The summed E-state index contributed by atoms with van der Waals surface area (Å²) >= 11 is -3.58. The van der Waals surface area contributed by atoms with E-state index in [1.807, 2.05) is 0 Å². The summed E-state index contributed by atoms with van der Waals surface area (Å²) in [7, 11) is 0. The van der Waals surface area contributed by atoms with Crippen molar-refractivity contribution in [3.05, 3.63) is 0 Å². The summed E-state index contributed by atoms with van der Waals surface area (Å²) in [5.74, 6) is -1.35. The summed E-state index contributed by atoms with van der Waals surface area (Å²) < 4.78 is 43.0. The van der Waals surface area contributed by atoms with E-state index in [2.05, 4.69) is 5.73 Å². The Morgan fingerprint density at radius 1 is 1.70 bits per heavy atom. The van der Waals surface area contributed by atoms with Gasteiger partial charge in [0.1, 0.15) is 6.42 Å². The van der Waals surface area contributed by atoms with Crippen molar-refractivity contribution in [3.63, 3.8) is 0 Å². The van der Waals surface area contributed by atoms with Gasteiger partial charge in [0.05, 0.1) is 0 Å². The van der Waals surface area contributed by atoms with Gasteiger partial charge in [0.25, 0.3) is 0 Å².